The van der Waals surface area contributed by atoms with Crippen LogP contribution in [0.15, 0.2) is 4.52 Å². The summed E-state index contributed by atoms with van der Waals surface area (Å²) in [6.45, 7) is 2.00. The monoisotopic (exact) mass is 182 g/mol. The Labute approximate surface area is 77.1 Å². The fourth-order valence-corrected chi connectivity index (χ4v) is 1.44. The van der Waals surface area contributed by atoms with Crippen molar-refractivity contribution in [3.8, 4) is 0 Å². The average molecular weight is 182 g/mol. The van der Waals surface area contributed by atoms with Gasteiger partial charge in [0.2, 0.25) is 5.89 Å². The maximum atomic E-state index is 5.17. The summed E-state index contributed by atoms with van der Waals surface area (Å²) in [5.74, 6) is 1.82. The van der Waals surface area contributed by atoms with Crippen molar-refractivity contribution in [2.45, 2.75) is 12.3 Å². The van der Waals surface area contributed by atoms with Gasteiger partial charge < -0.3 is 14.7 Å². The van der Waals surface area contributed by atoms with E-state index < -0.39 is 0 Å². The lowest BCUT2D eigenvalue weighted by molar-refractivity contribution is 0.358. The summed E-state index contributed by atoms with van der Waals surface area (Å²) in [6, 6.07) is 0. The second kappa shape index (κ2) is 3.33. The molecule has 2 rings (SSSR count). The zero-order valence-corrected chi connectivity index (χ0v) is 7.95. The lowest BCUT2D eigenvalue weighted by atomic mass is 10.1. The predicted molar refractivity (Wildman–Crippen MR) is 48.9 cm³/mol. The minimum atomic E-state index is 0.404. The van der Waals surface area contributed by atoms with Crippen molar-refractivity contribution in [1.82, 2.24) is 15.5 Å². The SMILES string of the molecule is CN(C)c1noc([C@@H]2CCNC2)n1. The van der Waals surface area contributed by atoms with Crippen LogP contribution < -0.4 is 10.2 Å². The first-order valence-electron chi connectivity index (χ1n) is 4.49. The van der Waals surface area contributed by atoms with Crippen LogP contribution >= 0.6 is 0 Å². The first-order valence-corrected chi connectivity index (χ1v) is 4.49. The molecule has 1 aromatic rings. The van der Waals surface area contributed by atoms with E-state index in [0.29, 0.717) is 11.9 Å². The van der Waals surface area contributed by atoms with Crippen molar-refractivity contribution >= 4 is 5.95 Å². The fourth-order valence-electron chi connectivity index (χ4n) is 1.44. The van der Waals surface area contributed by atoms with Crippen LogP contribution in [0.5, 0.6) is 0 Å². The van der Waals surface area contributed by atoms with E-state index in [1.807, 2.05) is 19.0 Å². The van der Waals surface area contributed by atoms with Gasteiger partial charge in [0.05, 0.1) is 5.92 Å². The van der Waals surface area contributed by atoms with Crippen LogP contribution in [0.4, 0.5) is 5.95 Å². The van der Waals surface area contributed by atoms with Gasteiger partial charge in [0.15, 0.2) is 0 Å². The standard InChI is InChI=1S/C8H14N4O/c1-12(2)8-10-7(13-11-8)6-3-4-9-5-6/h6,9H,3-5H2,1-2H3/t6-/m1/s1. The van der Waals surface area contributed by atoms with Crippen molar-refractivity contribution in [2.24, 2.45) is 0 Å². The number of aromatic nitrogens is 2. The van der Waals surface area contributed by atoms with Crippen molar-refractivity contribution in [3.05, 3.63) is 5.89 Å². The molecule has 0 radical (unpaired) electrons. The van der Waals surface area contributed by atoms with Crippen LogP contribution in [0.1, 0.15) is 18.2 Å². The minimum Gasteiger partial charge on any atom is -0.344 e. The molecule has 0 unspecified atom stereocenters. The number of anilines is 1. The first-order chi connectivity index (χ1) is 6.27. The van der Waals surface area contributed by atoms with Crippen LogP contribution in [-0.4, -0.2) is 37.3 Å². The van der Waals surface area contributed by atoms with Gasteiger partial charge in [0, 0.05) is 20.6 Å². The van der Waals surface area contributed by atoms with Crippen molar-refractivity contribution in [1.29, 1.82) is 0 Å². The van der Waals surface area contributed by atoms with Gasteiger partial charge in [0.25, 0.3) is 5.95 Å². The largest absolute Gasteiger partial charge is 0.344 e. The molecule has 0 aromatic carbocycles. The zero-order chi connectivity index (χ0) is 9.26. The van der Waals surface area contributed by atoms with E-state index in [4.69, 9.17) is 4.52 Å². The molecule has 2 heterocycles. The van der Waals surface area contributed by atoms with E-state index in [2.05, 4.69) is 15.5 Å². The highest BCUT2D eigenvalue weighted by Gasteiger charge is 2.22. The van der Waals surface area contributed by atoms with Crippen LogP contribution in [0.25, 0.3) is 0 Å². The Bertz CT molecular complexity index is 277. The molecule has 72 valence electrons. The molecule has 1 fully saturated rings. The number of hydrogen-bond donors (Lipinski definition) is 1. The molecule has 1 aliphatic rings. The summed E-state index contributed by atoms with van der Waals surface area (Å²) in [7, 11) is 3.81. The third-order valence-electron chi connectivity index (χ3n) is 2.24. The van der Waals surface area contributed by atoms with Gasteiger partial charge in [0.1, 0.15) is 0 Å². The Balaban J connectivity index is 2.12. The normalized spacial score (nSPS) is 22.2. The molecule has 0 saturated carbocycles. The average Bonchev–Trinajstić information content (AvgIpc) is 2.75. The molecule has 0 aliphatic carbocycles. The summed E-state index contributed by atoms with van der Waals surface area (Å²) in [6.07, 6.45) is 1.09. The van der Waals surface area contributed by atoms with Crippen LogP contribution in [0.2, 0.25) is 0 Å². The molecule has 5 heteroatoms. The van der Waals surface area contributed by atoms with Crippen molar-refractivity contribution in [3.63, 3.8) is 0 Å². The van der Waals surface area contributed by atoms with E-state index >= 15 is 0 Å². The second-order valence-electron chi connectivity index (χ2n) is 3.52. The van der Waals surface area contributed by atoms with E-state index in [-0.39, 0.29) is 0 Å². The lowest BCUT2D eigenvalue weighted by Crippen LogP contribution is -2.11. The Morgan fingerprint density at radius 3 is 2.92 bits per heavy atom. The Hall–Kier alpha value is -1.10. The number of nitrogens with one attached hydrogen (secondary N) is 1. The van der Waals surface area contributed by atoms with Crippen molar-refractivity contribution in [2.75, 3.05) is 32.1 Å². The Morgan fingerprint density at radius 1 is 1.54 bits per heavy atom. The number of nitrogens with zero attached hydrogens (tertiary/aromatic N) is 3. The van der Waals surface area contributed by atoms with Gasteiger partial charge >= 0.3 is 0 Å². The fraction of sp³-hybridized carbons (Fsp3) is 0.750. The Kier molecular flexibility index (Phi) is 2.18. The molecular weight excluding hydrogens is 168 g/mol. The van der Waals surface area contributed by atoms with Crippen LogP contribution in [-0.2, 0) is 0 Å². The first kappa shape index (κ1) is 8.50. The molecule has 1 aliphatic heterocycles. The predicted octanol–water partition coefficient (Wildman–Crippen LogP) is 0.212. The lowest BCUT2D eigenvalue weighted by Gasteiger charge is -2.03. The van der Waals surface area contributed by atoms with Gasteiger partial charge in [-0.05, 0) is 18.1 Å². The molecule has 1 N–H and O–H groups in total. The summed E-state index contributed by atoms with van der Waals surface area (Å²) >= 11 is 0. The van der Waals surface area contributed by atoms with Crippen LogP contribution in [0, 0.1) is 0 Å². The van der Waals surface area contributed by atoms with Crippen molar-refractivity contribution < 1.29 is 4.52 Å². The molecule has 1 aromatic heterocycles. The van der Waals surface area contributed by atoms with Gasteiger partial charge in [-0.3, -0.25) is 0 Å². The second-order valence-corrected chi connectivity index (χ2v) is 3.52. The zero-order valence-electron chi connectivity index (χ0n) is 7.95. The minimum absolute atomic E-state index is 0.404. The summed E-state index contributed by atoms with van der Waals surface area (Å²) in [5, 5.41) is 7.14. The topological polar surface area (TPSA) is 54.2 Å². The summed E-state index contributed by atoms with van der Waals surface area (Å²) < 4.78 is 5.17. The van der Waals surface area contributed by atoms with Gasteiger partial charge in [-0.25, -0.2) is 0 Å². The molecular formula is C8H14N4O. The molecule has 13 heavy (non-hydrogen) atoms. The summed E-state index contributed by atoms with van der Waals surface area (Å²) in [5.41, 5.74) is 0. The van der Waals surface area contributed by atoms with Gasteiger partial charge in [-0.15, -0.1) is 0 Å². The number of rotatable bonds is 2. The van der Waals surface area contributed by atoms with E-state index in [9.17, 15) is 0 Å². The van der Waals surface area contributed by atoms with E-state index in [0.717, 1.165) is 25.4 Å². The van der Waals surface area contributed by atoms with Gasteiger partial charge in [-0.2, -0.15) is 4.98 Å². The molecule has 0 amide bonds. The van der Waals surface area contributed by atoms with Gasteiger partial charge in [-0.1, -0.05) is 0 Å². The van der Waals surface area contributed by atoms with Crippen LogP contribution in [0.3, 0.4) is 0 Å². The highest BCUT2D eigenvalue weighted by Crippen LogP contribution is 2.21. The maximum Gasteiger partial charge on any atom is 0.265 e. The smallest absolute Gasteiger partial charge is 0.265 e. The van der Waals surface area contributed by atoms with E-state index in [1.54, 1.807) is 0 Å². The maximum absolute atomic E-state index is 5.17. The Morgan fingerprint density at radius 2 is 2.38 bits per heavy atom. The highest BCUT2D eigenvalue weighted by atomic mass is 16.5. The molecule has 1 saturated heterocycles. The molecule has 0 spiro atoms. The molecule has 1 atom stereocenters. The summed E-state index contributed by atoms with van der Waals surface area (Å²) in [4.78, 5) is 6.14. The third-order valence-corrected chi connectivity index (χ3v) is 2.24. The quantitative estimate of drug-likeness (QED) is 0.708. The highest BCUT2D eigenvalue weighted by molar-refractivity contribution is 5.24. The molecule has 0 bridgehead atoms. The molecule has 5 nitrogen and oxygen atoms in total. The third kappa shape index (κ3) is 1.65. The number of hydrogen-bond acceptors (Lipinski definition) is 5. The van der Waals surface area contributed by atoms with E-state index in [1.165, 1.54) is 0 Å².